The minimum atomic E-state index is 0.652. The minimum Gasteiger partial charge on any atom is -0.0831 e. The highest BCUT2D eigenvalue weighted by Crippen LogP contribution is 2.38. The molecule has 0 spiro atoms. The second-order valence-corrected chi connectivity index (χ2v) is 5.29. The lowest BCUT2D eigenvalue weighted by Gasteiger charge is -2.03. The summed E-state index contributed by atoms with van der Waals surface area (Å²) in [4.78, 5) is 0. The van der Waals surface area contributed by atoms with Gasteiger partial charge in [0, 0.05) is 8.04 Å². The average Bonchev–Trinajstić information content (AvgIpc) is 1.97. The van der Waals surface area contributed by atoms with E-state index in [0.29, 0.717) is 10.0 Å². The molecule has 1 aromatic rings. The number of hydrogen-bond acceptors (Lipinski definition) is 0. The first kappa shape index (κ1) is 10.6. The molecule has 60 valence electrons. The van der Waals surface area contributed by atoms with Gasteiger partial charge in [-0.05, 0) is 60.5 Å². The molecular formula is C6HBr2Cl2I. The number of halogens is 5. The molecule has 0 unspecified atom stereocenters. The summed E-state index contributed by atoms with van der Waals surface area (Å²) in [5, 5.41) is 1.34. The van der Waals surface area contributed by atoms with Crippen molar-refractivity contribution in [1.82, 2.24) is 0 Å². The monoisotopic (exact) mass is 428 g/mol. The Hall–Kier alpha value is 1.49. The lowest BCUT2D eigenvalue weighted by atomic mass is 10.4. The van der Waals surface area contributed by atoms with Crippen molar-refractivity contribution in [3.05, 3.63) is 28.6 Å². The van der Waals surface area contributed by atoms with Gasteiger partial charge in [0.1, 0.15) is 0 Å². The highest BCUT2D eigenvalue weighted by Gasteiger charge is 2.09. The van der Waals surface area contributed by atoms with E-state index in [1.54, 1.807) is 6.07 Å². The lowest BCUT2D eigenvalue weighted by molar-refractivity contribution is 1.54. The molecule has 0 aliphatic heterocycles. The minimum absolute atomic E-state index is 0.652. The van der Waals surface area contributed by atoms with Gasteiger partial charge in [0.15, 0.2) is 0 Å². The van der Waals surface area contributed by atoms with Crippen LogP contribution in [0.25, 0.3) is 0 Å². The molecule has 0 aromatic heterocycles. The standard InChI is InChI=1S/C6HBr2Cl2I/c7-2-1-3(9)6(11)4(8)5(2)10/h1H. The Kier molecular flexibility index (Phi) is 3.97. The molecule has 0 aliphatic carbocycles. The largest absolute Gasteiger partial charge is 0.0831 e. The van der Waals surface area contributed by atoms with Crippen LogP contribution in [0.3, 0.4) is 0 Å². The van der Waals surface area contributed by atoms with Crippen LogP contribution in [0.15, 0.2) is 15.0 Å². The third-order valence-electron chi connectivity index (χ3n) is 1.06. The first-order valence-corrected chi connectivity index (χ1v) is 5.94. The molecule has 0 saturated heterocycles. The quantitative estimate of drug-likeness (QED) is 0.304. The van der Waals surface area contributed by atoms with Gasteiger partial charge < -0.3 is 0 Å². The molecule has 0 atom stereocenters. The normalized spacial score (nSPS) is 10.3. The van der Waals surface area contributed by atoms with E-state index in [1.165, 1.54) is 0 Å². The Balaban J connectivity index is 3.46. The molecule has 0 N–H and O–H groups in total. The van der Waals surface area contributed by atoms with Gasteiger partial charge >= 0.3 is 0 Å². The van der Waals surface area contributed by atoms with Crippen molar-refractivity contribution in [2.75, 3.05) is 0 Å². The maximum Gasteiger partial charge on any atom is 0.0701 e. The molecule has 0 nitrogen and oxygen atoms in total. The Bertz CT molecular complexity index is 275. The predicted octanol–water partition coefficient (Wildman–Crippen LogP) is 5.12. The molecule has 0 radical (unpaired) electrons. The van der Waals surface area contributed by atoms with E-state index in [9.17, 15) is 0 Å². The van der Waals surface area contributed by atoms with Crippen LogP contribution in [0.4, 0.5) is 0 Å². The van der Waals surface area contributed by atoms with Gasteiger partial charge in [-0.15, -0.1) is 0 Å². The molecule has 0 amide bonds. The third kappa shape index (κ3) is 2.24. The van der Waals surface area contributed by atoms with Gasteiger partial charge in [-0.2, -0.15) is 0 Å². The SMILES string of the molecule is Clc1cc(Br)c(Cl)c(Br)c1I. The van der Waals surface area contributed by atoms with Crippen LogP contribution in [-0.4, -0.2) is 0 Å². The zero-order chi connectivity index (χ0) is 8.59. The van der Waals surface area contributed by atoms with Crippen molar-refractivity contribution < 1.29 is 0 Å². The van der Waals surface area contributed by atoms with Crippen LogP contribution in [0, 0.1) is 3.57 Å². The van der Waals surface area contributed by atoms with Gasteiger partial charge in [-0.25, -0.2) is 0 Å². The van der Waals surface area contributed by atoms with Crippen molar-refractivity contribution >= 4 is 77.7 Å². The molecule has 5 heteroatoms. The highest BCUT2D eigenvalue weighted by molar-refractivity contribution is 14.1. The van der Waals surface area contributed by atoms with Gasteiger partial charge in [0.2, 0.25) is 0 Å². The number of hydrogen-bond donors (Lipinski definition) is 0. The van der Waals surface area contributed by atoms with Gasteiger partial charge in [-0.3, -0.25) is 0 Å². The fraction of sp³-hybridized carbons (Fsp3) is 0. The summed E-state index contributed by atoms with van der Waals surface area (Å²) in [6, 6.07) is 1.77. The molecule has 1 aromatic carbocycles. The Morgan fingerprint density at radius 1 is 1.27 bits per heavy atom. The summed E-state index contributed by atoms with van der Waals surface area (Å²) >= 11 is 20.5. The van der Waals surface area contributed by atoms with Crippen LogP contribution in [0.5, 0.6) is 0 Å². The summed E-state index contributed by atoms with van der Waals surface area (Å²) < 4.78 is 2.56. The van der Waals surface area contributed by atoms with E-state index < -0.39 is 0 Å². The second kappa shape index (κ2) is 4.13. The smallest absolute Gasteiger partial charge is 0.0701 e. The van der Waals surface area contributed by atoms with Crippen LogP contribution >= 0.6 is 77.7 Å². The molecule has 0 saturated carbocycles. The van der Waals surface area contributed by atoms with Gasteiger partial charge in [-0.1, -0.05) is 23.2 Å². The summed E-state index contributed by atoms with van der Waals surface area (Å²) in [6.45, 7) is 0. The van der Waals surface area contributed by atoms with Crippen LogP contribution in [-0.2, 0) is 0 Å². The van der Waals surface area contributed by atoms with E-state index in [2.05, 4.69) is 54.5 Å². The topological polar surface area (TPSA) is 0 Å². The second-order valence-electron chi connectivity index (χ2n) is 1.78. The van der Waals surface area contributed by atoms with E-state index >= 15 is 0 Å². The zero-order valence-electron chi connectivity index (χ0n) is 4.97. The average molecular weight is 431 g/mol. The van der Waals surface area contributed by atoms with Crippen molar-refractivity contribution in [2.24, 2.45) is 0 Å². The molecule has 1 rings (SSSR count). The summed E-state index contributed by atoms with van der Waals surface area (Å²) in [7, 11) is 0. The molecule has 0 bridgehead atoms. The number of rotatable bonds is 0. The third-order valence-corrected chi connectivity index (χ3v) is 5.80. The van der Waals surface area contributed by atoms with Crippen LogP contribution in [0.2, 0.25) is 10.0 Å². The summed E-state index contributed by atoms with van der Waals surface area (Å²) in [6.07, 6.45) is 0. The van der Waals surface area contributed by atoms with E-state index in [0.717, 1.165) is 12.5 Å². The molecule has 0 heterocycles. The molecular weight excluding hydrogens is 430 g/mol. The zero-order valence-corrected chi connectivity index (χ0v) is 11.8. The summed E-state index contributed by atoms with van der Waals surface area (Å²) in [5.74, 6) is 0. The number of benzene rings is 1. The van der Waals surface area contributed by atoms with Crippen molar-refractivity contribution in [3.63, 3.8) is 0 Å². The van der Waals surface area contributed by atoms with Crippen LogP contribution in [0.1, 0.15) is 0 Å². The highest BCUT2D eigenvalue weighted by atomic mass is 127. The fourth-order valence-electron chi connectivity index (χ4n) is 0.544. The van der Waals surface area contributed by atoms with E-state index in [1.807, 2.05) is 0 Å². The maximum absolute atomic E-state index is 5.90. The molecule has 11 heavy (non-hydrogen) atoms. The molecule has 0 fully saturated rings. The predicted molar refractivity (Wildman–Crippen MR) is 64.6 cm³/mol. The Morgan fingerprint density at radius 3 is 2.36 bits per heavy atom. The van der Waals surface area contributed by atoms with Gasteiger partial charge in [0.05, 0.1) is 14.5 Å². The van der Waals surface area contributed by atoms with Gasteiger partial charge in [0.25, 0.3) is 0 Å². The first-order chi connectivity index (χ1) is 5.04. The van der Waals surface area contributed by atoms with Crippen molar-refractivity contribution in [2.45, 2.75) is 0 Å². The maximum atomic E-state index is 5.90. The Labute approximate surface area is 105 Å². The van der Waals surface area contributed by atoms with Crippen molar-refractivity contribution in [1.29, 1.82) is 0 Å². The summed E-state index contributed by atoms with van der Waals surface area (Å²) in [5.41, 5.74) is 0. The lowest BCUT2D eigenvalue weighted by Crippen LogP contribution is -1.80. The van der Waals surface area contributed by atoms with Crippen LogP contribution < -0.4 is 0 Å². The van der Waals surface area contributed by atoms with Crippen molar-refractivity contribution in [3.8, 4) is 0 Å². The Morgan fingerprint density at radius 2 is 1.82 bits per heavy atom. The first-order valence-electron chi connectivity index (χ1n) is 2.52. The van der Waals surface area contributed by atoms with E-state index in [4.69, 9.17) is 23.2 Å². The van der Waals surface area contributed by atoms with E-state index in [-0.39, 0.29) is 0 Å². The fourth-order valence-corrected chi connectivity index (χ4v) is 2.85. The molecule has 0 aliphatic rings.